The van der Waals surface area contributed by atoms with Crippen LogP contribution in [0.2, 0.25) is 0 Å². The molecule has 0 saturated carbocycles. The fourth-order valence-electron chi connectivity index (χ4n) is 2.85. The summed E-state index contributed by atoms with van der Waals surface area (Å²) >= 11 is 4.99. The Bertz CT molecular complexity index is 898. The van der Waals surface area contributed by atoms with E-state index in [1.54, 1.807) is 5.51 Å². The summed E-state index contributed by atoms with van der Waals surface area (Å²) in [7, 11) is 0. The van der Waals surface area contributed by atoms with Gasteiger partial charge in [0.05, 0.1) is 11.0 Å². The van der Waals surface area contributed by atoms with Gasteiger partial charge in [-0.05, 0) is 24.6 Å². The number of amides is 2. The number of benzene rings is 1. The molecule has 1 atom stereocenters. The molecule has 1 unspecified atom stereocenters. The second-order valence-corrected chi connectivity index (χ2v) is 6.75. The van der Waals surface area contributed by atoms with Gasteiger partial charge in [0, 0.05) is 16.3 Å². The monoisotopic (exact) mass is 363 g/mol. The highest BCUT2D eigenvalue weighted by molar-refractivity contribution is 9.10. The van der Waals surface area contributed by atoms with E-state index >= 15 is 0 Å². The van der Waals surface area contributed by atoms with E-state index in [0.29, 0.717) is 12.8 Å². The quantitative estimate of drug-likeness (QED) is 0.676. The Morgan fingerprint density at radius 1 is 1.38 bits per heavy atom. The van der Waals surface area contributed by atoms with Crippen molar-refractivity contribution in [1.82, 2.24) is 14.9 Å². The predicted octanol–water partition coefficient (Wildman–Crippen LogP) is 2.99. The van der Waals surface area contributed by atoms with Crippen LogP contribution in [0.15, 0.2) is 28.2 Å². The van der Waals surface area contributed by atoms with Crippen LogP contribution in [0, 0.1) is 0 Å². The third kappa shape index (κ3) is 1.91. The third-order valence-electron chi connectivity index (χ3n) is 3.76. The minimum atomic E-state index is -0.357. The van der Waals surface area contributed by atoms with Crippen LogP contribution in [0.3, 0.4) is 0 Å². The highest BCUT2D eigenvalue weighted by Crippen LogP contribution is 2.36. The molecular formula is C14H10BrN3O2S. The molecular weight excluding hydrogens is 354 g/mol. The Labute approximate surface area is 132 Å². The second kappa shape index (κ2) is 4.64. The summed E-state index contributed by atoms with van der Waals surface area (Å²) in [6.45, 7) is 0. The van der Waals surface area contributed by atoms with Crippen molar-refractivity contribution in [3.63, 3.8) is 0 Å². The number of hydrogen-bond donors (Lipinski definition) is 1. The predicted molar refractivity (Wildman–Crippen MR) is 84.2 cm³/mol. The molecule has 1 saturated heterocycles. The maximum atomic E-state index is 12.2. The highest BCUT2D eigenvalue weighted by Gasteiger charge is 2.31. The number of aromatic nitrogens is 2. The van der Waals surface area contributed by atoms with Crippen molar-refractivity contribution < 1.29 is 9.59 Å². The van der Waals surface area contributed by atoms with E-state index < -0.39 is 0 Å². The van der Waals surface area contributed by atoms with Crippen LogP contribution in [0.4, 0.5) is 0 Å². The van der Waals surface area contributed by atoms with Gasteiger partial charge in [0.1, 0.15) is 16.4 Å². The largest absolute Gasteiger partial charge is 0.318 e. The zero-order valence-electron chi connectivity index (χ0n) is 10.8. The number of carbonyl (C=O) groups excluding carboxylic acids is 2. The van der Waals surface area contributed by atoms with E-state index in [2.05, 4.69) is 26.2 Å². The fourth-order valence-corrected chi connectivity index (χ4v) is 4.08. The Kier molecular flexibility index (Phi) is 2.87. The molecule has 0 radical (unpaired) electrons. The van der Waals surface area contributed by atoms with Gasteiger partial charge >= 0.3 is 0 Å². The Morgan fingerprint density at radius 3 is 3.05 bits per heavy atom. The SMILES string of the molecule is O=C1CCC(n2c3ccc(Br)cc3c3ncsc32)C(=O)N1. The maximum absolute atomic E-state index is 12.2. The van der Waals surface area contributed by atoms with Crippen LogP contribution in [0.5, 0.6) is 0 Å². The molecule has 1 aliphatic heterocycles. The molecule has 0 aliphatic carbocycles. The number of rotatable bonds is 1. The zero-order chi connectivity index (χ0) is 14.6. The summed E-state index contributed by atoms with van der Waals surface area (Å²) in [5.74, 6) is -0.433. The number of hydrogen-bond acceptors (Lipinski definition) is 4. The first-order chi connectivity index (χ1) is 10.1. The van der Waals surface area contributed by atoms with Gasteiger partial charge in [0.25, 0.3) is 0 Å². The smallest absolute Gasteiger partial charge is 0.249 e. The van der Waals surface area contributed by atoms with Gasteiger partial charge in [-0.15, -0.1) is 11.3 Å². The van der Waals surface area contributed by atoms with Gasteiger partial charge in [0.15, 0.2) is 0 Å². The van der Waals surface area contributed by atoms with Gasteiger partial charge in [-0.25, -0.2) is 4.98 Å². The number of nitrogens with one attached hydrogen (secondary N) is 1. The third-order valence-corrected chi connectivity index (χ3v) is 5.08. The highest BCUT2D eigenvalue weighted by atomic mass is 79.9. The first-order valence-corrected chi connectivity index (χ1v) is 8.19. The van der Waals surface area contributed by atoms with Crippen LogP contribution in [-0.4, -0.2) is 21.4 Å². The van der Waals surface area contributed by atoms with Crippen molar-refractivity contribution in [2.45, 2.75) is 18.9 Å². The van der Waals surface area contributed by atoms with Gasteiger partial charge < -0.3 is 4.57 Å². The van der Waals surface area contributed by atoms with E-state index in [1.807, 2.05) is 22.8 Å². The molecule has 7 heteroatoms. The molecule has 0 bridgehead atoms. The number of piperidine rings is 1. The van der Waals surface area contributed by atoms with Crippen molar-refractivity contribution in [2.24, 2.45) is 0 Å². The lowest BCUT2D eigenvalue weighted by molar-refractivity contribution is -0.135. The Hall–Kier alpha value is -1.73. The number of carbonyl (C=O) groups is 2. The summed E-state index contributed by atoms with van der Waals surface area (Å²) in [5.41, 5.74) is 3.66. The van der Waals surface area contributed by atoms with Crippen molar-refractivity contribution in [1.29, 1.82) is 0 Å². The average molecular weight is 364 g/mol. The molecule has 3 heterocycles. The van der Waals surface area contributed by atoms with E-state index in [1.165, 1.54) is 11.3 Å². The van der Waals surface area contributed by atoms with Crippen LogP contribution in [0.25, 0.3) is 21.3 Å². The molecule has 3 aromatic rings. The number of halogens is 1. The first-order valence-electron chi connectivity index (χ1n) is 6.51. The van der Waals surface area contributed by atoms with E-state index in [4.69, 9.17) is 0 Å². The molecule has 106 valence electrons. The van der Waals surface area contributed by atoms with Crippen LogP contribution < -0.4 is 5.32 Å². The number of fused-ring (bicyclic) bond motifs is 3. The number of thiazole rings is 1. The van der Waals surface area contributed by atoms with Crippen molar-refractivity contribution in [3.05, 3.63) is 28.2 Å². The minimum Gasteiger partial charge on any atom is -0.318 e. The molecule has 1 fully saturated rings. The standard InChI is InChI=1S/C14H10BrN3O2S/c15-7-1-2-9-8(5-7)12-14(21-6-16-12)18(9)10-3-4-11(19)17-13(10)20/h1-2,5-6,10H,3-4H2,(H,17,19,20). The molecule has 21 heavy (non-hydrogen) atoms. The minimum absolute atomic E-state index is 0.198. The summed E-state index contributed by atoms with van der Waals surface area (Å²) in [6.07, 6.45) is 0.893. The van der Waals surface area contributed by atoms with Crippen LogP contribution in [0.1, 0.15) is 18.9 Å². The molecule has 2 aromatic heterocycles. The van der Waals surface area contributed by atoms with Crippen LogP contribution in [-0.2, 0) is 9.59 Å². The van der Waals surface area contributed by atoms with Gasteiger partial charge in [-0.2, -0.15) is 0 Å². The van der Waals surface area contributed by atoms with E-state index in [9.17, 15) is 9.59 Å². The number of nitrogens with zero attached hydrogens (tertiary/aromatic N) is 2. The van der Waals surface area contributed by atoms with Gasteiger partial charge in [0.2, 0.25) is 11.8 Å². The van der Waals surface area contributed by atoms with Crippen molar-refractivity contribution in [3.8, 4) is 0 Å². The maximum Gasteiger partial charge on any atom is 0.249 e. The molecule has 4 rings (SSSR count). The summed E-state index contributed by atoms with van der Waals surface area (Å²) in [5, 5.41) is 3.45. The Morgan fingerprint density at radius 2 is 2.24 bits per heavy atom. The summed E-state index contributed by atoms with van der Waals surface area (Å²) < 4.78 is 2.99. The summed E-state index contributed by atoms with van der Waals surface area (Å²) in [4.78, 5) is 28.9. The number of imide groups is 1. The molecule has 5 nitrogen and oxygen atoms in total. The lowest BCUT2D eigenvalue weighted by atomic mass is 10.1. The first kappa shape index (κ1) is 13.0. The lowest BCUT2D eigenvalue weighted by Gasteiger charge is -2.23. The van der Waals surface area contributed by atoms with Gasteiger partial charge in [-0.3, -0.25) is 14.9 Å². The zero-order valence-corrected chi connectivity index (χ0v) is 13.2. The van der Waals surface area contributed by atoms with E-state index in [-0.39, 0.29) is 17.9 Å². The second-order valence-electron chi connectivity index (χ2n) is 5.00. The molecule has 1 N–H and O–H groups in total. The molecule has 1 aromatic carbocycles. The molecule has 0 spiro atoms. The summed E-state index contributed by atoms with van der Waals surface area (Å²) in [6, 6.07) is 5.59. The fraction of sp³-hybridized carbons (Fsp3) is 0.214. The topological polar surface area (TPSA) is 64.0 Å². The van der Waals surface area contributed by atoms with Crippen molar-refractivity contribution >= 4 is 60.3 Å². The molecule has 1 aliphatic rings. The lowest BCUT2D eigenvalue weighted by Crippen LogP contribution is -2.41. The average Bonchev–Trinajstić information content (AvgIpc) is 3.00. The van der Waals surface area contributed by atoms with Crippen molar-refractivity contribution in [2.75, 3.05) is 0 Å². The normalized spacial score (nSPS) is 19.4. The van der Waals surface area contributed by atoms with Gasteiger partial charge in [-0.1, -0.05) is 15.9 Å². The molecule has 2 amide bonds. The van der Waals surface area contributed by atoms with Crippen LogP contribution >= 0.6 is 27.3 Å². The Balaban J connectivity index is 1.99. The van der Waals surface area contributed by atoms with E-state index in [0.717, 1.165) is 25.7 Å².